The Kier molecular flexibility index (Phi) is 8.55. The van der Waals surface area contributed by atoms with Gasteiger partial charge in [-0.2, -0.15) is 34.8 Å². The molecular weight excluding hydrogens is 548 g/mol. The second kappa shape index (κ2) is 10.8. The molecule has 204 valence electrons. The molecule has 0 aliphatic carbocycles. The molecule has 0 bridgehead atoms. The smallest absolute Gasteiger partial charge is 0.342 e. The summed E-state index contributed by atoms with van der Waals surface area (Å²) in [5.74, 6) is -0.650. The van der Waals surface area contributed by atoms with Crippen molar-refractivity contribution in [2.45, 2.75) is 43.5 Å². The second-order valence-electron chi connectivity index (χ2n) is 9.08. The average molecular weight is 572 g/mol. The summed E-state index contributed by atoms with van der Waals surface area (Å²) in [4.78, 5) is 14.5. The minimum Gasteiger partial charge on any atom is -0.342 e. The summed E-state index contributed by atoms with van der Waals surface area (Å²) < 4.78 is 107. The summed E-state index contributed by atoms with van der Waals surface area (Å²) in [6, 6.07) is 7.88. The first kappa shape index (κ1) is 29.2. The van der Waals surface area contributed by atoms with E-state index in [1.54, 1.807) is 24.3 Å². The Hall–Kier alpha value is -2.31. The molecule has 0 unspecified atom stereocenters. The molecule has 1 saturated heterocycles. The van der Waals surface area contributed by atoms with Crippen LogP contribution in [0.3, 0.4) is 0 Å². The van der Waals surface area contributed by atoms with Gasteiger partial charge in [0.25, 0.3) is 10.1 Å². The van der Waals surface area contributed by atoms with E-state index in [0.29, 0.717) is 35.6 Å². The number of alkyl halides is 6. The van der Waals surface area contributed by atoms with Gasteiger partial charge in [-0.3, -0.25) is 8.98 Å². The van der Waals surface area contributed by atoms with Gasteiger partial charge < -0.3 is 4.90 Å². The molecular formula is C24H24ClF6NO4S. The third-order valence-corrected chi connectivity index (χ3v) is 7.08. The highest BCUT2D eigenvalue weighted by Gasteiger charge is 2.40. The van der Waals surface area contributed by atoms with Crippen LogP contribution in [0.1, 0.15) is 41.5 Å². The van der Waals surface area contributed by atoms with Crippen molar-refractivity contribution in [2.24, 2.45) is 0 Å². The maximum absolute atomic E-state index is 13.2. The Labute approximate surface area is 215 Å². The fourth-order valence-electron chi connectivity index (χ4n) is 4.54. The molecule has 1 fully saturated rings. The molecule has 2 aromatic carbocycles. The van der Waals surface area contributed by atoms with E-state index in [1.165, 1.54) is 4.90 Å². The zero-order valence-corrected chi connectivity index (χ0v) is 21.2. The number of carbonyl (C=O) groups is 1. The van der Waals surface area contributed by atoms with E-state index in [9.17, 15) is 39.6 Å². The lowest BCUT2D eigenvalue weighted by Crippen LogP contribution is -2.49. The van der Waals surface area contributed by atoms with E-state index in [-0.39, 0.29) is 32.2 Å². The molecule has 1 aliphatic rings. The van der Waals surface area contributed by atoms with Crippen LogP contribution in [-0.2, 0) is 43.3 Å². The van der Waals surface area contributed by atoms with Crippen LogP contribution >= 0.6 is 11.6 Å². The Morgan fingerprint density at radius 2 is 1.68 bits per heavy atom. The van der Waals surface area contributed by atoms with Crippen molar-refractivity contribution in [2.75, 3.05) is 26.0 Å². The summed E-state index contributed by atoms with van der Waals surface area (Å²) in [5, 5.41) is 0.410. The highest BCUT2D eigenvalue weighted by molar-refractivity contribution is 7.85. The van der Waals surface area contributed by atoms with Gasteiger partial charge in [0, 0.05) is 23.5 Å². The monoisotopic (exact) mass is 571 g/mol. The number of hydrogen-bond acceptors (Lipinski definition) is 4. The molecule has 13 heteroatoms. The predicted molar refractivity (Wildman–Crippen MR) is 125 cm³/mol. The number of halogens is 7. The number of benzene rings is 2. The molecule has 1 atom stereocenters. The Bertz CT molecular complexity index is 1220. The van der Waals surface area contributed by atoms with Gasteiger partial charge in [-0.05, 0) is 60.7 Å². The molecule has 0 radical (unpaired) electrons. The van der Waals surface area contributed by atoms with E-state index < -0.39 is 56.9 Å². The maximum atomic E-state index is 13.2. The first-order chi connectivity index (χ1) is 17.0. The standard InChI is InChI=1S/C24H24ClF6NO4S/c1-37(34,35)36-9-7-22(17-4-2-5-20(25)14-17)6-3-8-32(15-22)21(33)12-16-10-18(23(26,27)28)13-19(11-16)24(29,30)31/h2,4-5,10-11,13-14H,3,6-9,12,15H2,1H3/t22-/m1/s1. The van der Waals surface area contributed by atoms with Crippen LogP contribution in [0, 0.1) is 0 Å². The molecule has 1 heterocycles. The zero-order valence-electron chi connectivity index (χ0n) is 19.6. The molecule has 2 aromatic rings. The van der Waals surface area contributed by atoms with Crippen molar-refractivity contribution in [1.29, 1.82) is 0 Å². The molecule has 5 nitrogen and oxygen atoms in total. The lowest BCUT2D eigenvalue weighted by Gasteiger charge is -2.43. The number of rotatable bonds is 7. The van der Waals surface area contributed by atoms with Gasteiger partial charge in [-0.1, -0.05) is 23.7 Å². The molecule has 0 N–H and O–H groups in total. The van der Waals surface area contributed by atoms with Crippen molar-refractivity contribution in [1.82, 2.24) is 4.90 Å². The molecule has 1 aliphatic heterocycles. The molecule has 0 saturated carbocycles. The summed E-state index contributed by atoms with van der Waals surface area (Å²) >= 11 is 6.15. The van der Waals surface area contributed by atoms with Crippen LogP contribution in [0.2, 0.25) is 5.02 Å². The topological polar surface area (TPSA) is 63.7 Å². The molecule has 0 aromatic heterocycles. The summed E-state index contributed by atoms with van der Waals surface area (Å²) in [7, 11) is -3.74. The van der Waals surface area contributed by atoms with Gasteiger partial charge in [0.1, 0.15) is 0 Å². The van der Waals surface area contributed by atoms with Crippen LogP contribution in [0.5, 0.6) is 0 Å². The van der Waals surface area contributed by atoms with Gasteiger partial charge in [0.05, 0.1) is 30.4 Å². The molecule has 0 spiro atoms. The molecule has 37 heavy (non-hydrogen) atoms. The quantitative estimate of drug-likeness (QED) is 0.309. The Balaban J connectivity index is 1.89. The van der Waals surface area contributed by atoms with Gasteiger partial charge in [-0.15, -0.1) is 0 Å². The van der Waals surface area contributed by atoms with E-state index >= 15 is 0 Å². The van der Waals surface area contributed by atoms with Crippen molar-refractivity contribution in [3.8, 4) is 0 Å². The van der Waals surface area contributed by atoms with Crippen LogP contribution in [0.15, 0.2) is 42.5 Å². The lowest BCUT2D eigenvalue weighted by molar-refractivity contribution is -0.143. The van der Waals surface area contributed by atoms with E-state index in [2.05, 4.69) is 0 Å². The van der Waals surface area contributed by atoms with Crippen molar-refractivity contribution >= 4 is 27.6 Å². The van der Waals surface area contributed by atoms with Crippen LogP contribution < -0.4 is 0 Å². The zero-order chi connectivity index (χ0) is 27.6. The van der Waals surface area contributed by atoms with E-state index in [1.807, 2.05) is 0 Å². The first-order valence-corrected chi connectivity index (χ1v) is 13.3. The third kappa shape index (κ3) is 7.84. The minimum absolute atomic E-state index is 0.0147. The number of likely N-dealkylation sites (tertiary alicyclic amines) is 1. The Morgan fingerprint density at radius 1 is 1.05 bits per heavy atom. The van der Waals surface area contributed by atoms with Crippen LogP contribution in [0.4, 0.5) is 26.3 Å². The van der Waals surface area contributed by atoms with Crippen LogP contribution in [0.25, 0.3) is 0 Å². The van der Waals surface area contributed by atoms with Gasteiger partial charge in [0.2, 0.25) is 5.91 Å². The fraction of sp³-hybridized carbons (Fsp3) is 0.458. The predicted octanol–water partition coefficient (Wildman–Crippen LogP) is 5.85. The fourth-order valence-corrected chi connectivity index (χ4v) is 5.12. The largest absolute Gasteiger partial charge is 0.416 e. The maximum Gasteiger partial charge on any atom is 0.416 e. The highest BCUT2D eigenvalue weighted by Crippen LogP contribution is 2.39. The normalized spacial score (nSPS) is 19.2. The number of hydrogen-bond donors (Lipinski definition) is 0. The van der Waals surface area contributed by atoms with Gasteiger partial charge in [0.15, 0.2) is 0 Å². The first-order valence-electron chi connectivity index (χ1n) is 11.2. The SMILES string of the molecule is CS(=O)(=O)OCC[C@]1(c2cccc(Cl)c2)CCCN(C(=O)Cc2cc(C(F)(F)F)cc(C(F)(F)F)c2)C1. The van der Waals surface area contributed by atoms with Gasteiger partial charge >= 0.3 is 12.4 Å². The summed E-state index contributed by atoms with van der Waals surface area (Å²) in [6.07, 6.45) is -8.62. The van der Waals surface area contributed by atoms with Crippen molar-refractivity contribution in [3.05, 3.63) is 69.7 Å². The van der Waals surface area contributed by atoms with E-state index in [4.69, 9.17) is 15.8 Å². The third-order valence-electron chi connectivity index (χ3n) is 6.25. The lowest BCUT2D eigenvalue weighted by atomic mass is 9.72. The van der Waals surface area contributed by atoms with Crippen molar-refractivity contribution in [3.63, 3.8) is 0 Å². The Morgan fingerprint density at radius 3 is 2.22 bits per heavy atom. The number of piperidine rings is 1. The van der Waals surface area contributed by atoms with Crippen LogP contribution in [-0.4, -0.2) is 45.2 Å². The molecule has 1 amide bonds. The number of nitrogens with zero attached hydrogens (tertiary/aromatic N) is 1. The number of carbonyl (C=O) groups excluding carboxylic acids is 1. The summed E-state index contributed by atoms with van der Waals surface area (Å²) in [6.45, 7) is 0.111. The summed E-state index contributed by atoms with van der Waals surface area (Å²) in [5.41, 5.74) is -3.46. The van der Waals surface area contributed by atoms with E-state index in [0.717, 1.165) is 6.26 Å². The second-order valence-corrected chi connectivity index (χ2v) is 11.2. The van der Waals surface area contributed by atoms with Gasteiger partial charge in [-0.25, -0.2) is 0 Å². The average Bonchev–Trinajstić information content (AvgIpc) is 2.77. The molecule has 3 rings (SSSR count). The highest BCUT2D eigenvalue weighted by atomic mass is 35.5. The minimum atomic E-state index is -5.02. The number of amides is 1. The van der Waals surface area contributed by atoms with Crippen molar-refractivity contribution < 1.29 is 43.7 Å².